The Morgan fingerprint density at radius 2 is 1.63 bits per heavy atom. The van der Waals surface area contributed by atoms with Gasteiger partial charge in [-0.05, 0) is 91.3 Å². The molecular formula is C35H54F3NO4. The largest absolute Gasteiger partial charge is 0.456 e. The molecule has 0 aliphatic heterocycles. The van der Waals surface area contributed by atoms with Crippen LogP contribution in [0.4, 0.5) is 13.2 Å². The highest BCUT2D eigenvalue weighted by atomic mass is 19.4. The highest BCUT2D eigenvalue weighted by Crippen LogP contribution is 2.71. The summed E-state index contributed by atoms with van der Waals surface area (Å²) in [6, 6.07) is 0. The highest BCUT2D eigenvalue weighted by molar-refractivity contribution is 5.86. The molecule has 4 saturated carbocycles. The number of Topliss-reactive ketones (excluding diaryl/α,β-unsaturated/α-hetero) is 1. The maximum absolute atomic E-state index is 14.3. The summed E-state index contributed by atoms with van der Waals surface area (Å²) in [5.41, 5.74) is -0.0481. The fraction of sp³-hybridized carbons (Fsp3) is 0.857. The summed E-state index contributed by atoms with van der Waals surface area (Å²) in [6.45, 7) is 17.7. The molecule has 5 aliphatic carbocycles. The van der Waals surface area contributed by atoms with Crippen molar-refractivity contribution in [2.75, 3.05) is 6.61 Å². The fourth-order valence-corrected chi connectivity index (χ4v) is 10.8. The Morgan fingerprint density at radius 1 is 0.977 bits per heavy atom. The van der Waals surface area contributed by atoms with Crippen LogP contribution in [0.1, 0.15) is 131 Å². The standard InChI is InChI=1S/C31H42F3NO4.2C2H6/c1-17-19-6-8-28(4)20-7-9-30(26(37)38-16-31(32,33)34)11-10-27(2,3)14-21(30)24(20)22(36)12-23(28)29(19,5)13-18-15-35-39-25(17)18;2*1-2/h15,17,19-21,23-24H,6-14,16H2,1-5H3;2*1-2H3. The van der Waals surface area contributed by atoms with Crippen LogP contribution in [0.2, 0.25) is 0 Å². The molecule has 1 heterocycles. The molecule has 5 nitrogen and oxygen atoms in total. The second kappa shape index (κ2) is 11.8. The van der Waals surface area contributed by atoms with E-state index >= 15 is 0 Å². The van der Waals surface area contributed by atoms with Crippen molar-refractivity contribution in [3.63, 3.8) is 0 Å². The molecule has 8 heteroatoms. The topological polar surface area (TPSA) is 69.4 Å². The number of carbonyl (C=O) groups is 2. The predicted molar refractivity (Wildman–Crippen MR) is 160 cm³/mol. The van der Waals surface area contributed by atoms with Crippen LogP contribution in [0, 0.1) is 51.2 Å². The molecular weight excluding hydrogens is 555 g/mol. The van der Waals surface area contributed by atoms with E-state index in [-0.39, 0.29) is 51.6 Å². The number of ether oxygens (including phenoxy) is 1. The molecule has 0 radical (unpaired) electrons. The molecule has 0 aromatic carbocycles. The van der Waals surface area contributed by atoms with Crippen molar-refractivity contribution >= 4 is 11.8 Å². The lowest BCUT2D eigenvalue weighted by molar-refractivity contribution is -0.215. The SMILES string of the molecule is CC.CC.CC1c2oncc2CC2(C)C1CCC1(C)C3CCC4(C(=O)OCC(F)(F)F)CCC(C)(C)CC4C3C(=O)CC21. The van der Waals surface area contributed by atoms with Gasteiger partial charge in [-0.2, -0.15) is 13.2 Å². The third-order valence-electron chi connectivity index (χ3n) is 12.6. The number of esters is 1. The summed E-state index contributed by atoms with van der Waals surface area (Å²) in [5.74, 6) is 0.892. The van der Waals surface area contributed by atoms with Crippen molar-refractivity contribution in [1.82, 2.24) is 5.16 Å². The Morgan fingerprint density at radius 3 is 2.28 bits per heavy atom. The first-order valence-corrected chi connectivity index (χ1v) is 16.8. The summed E-state index contributed by atoms with van der Waals surface area (Å²) in [7, 11) is 0. The van der Waals surface area contributed by atoms with Crippen LogP contribution in [0.15, 0.2) is 10.7 Å². The van der Waals surface area contributed by atoms with Gasteiger partial charge in [0, 0.05) is 23.8 Å². The van der Waals surface area contributed by atoms with E-state index in [1.807, 2.05) is 33.9 Å². The normalized spacial score (nSPS) is 40.9. The number of hydrogen-bond acceptors (Lipinski definition) is 5. The van der Waals surface area contributed by atoms with Gasteiger partial charge < -0.3 is 9.26 Å². The second-order valence-electron chi connectivity index (χ2n) is 15.1. The molecule has 0 N–H and O–H groups in total. The minimum absolute atomic E-state index is 0.0579. The predicted octanol–water partition coefficient (Wildman–Crippen LogP) is 9.34. The van der Waals surface area contributed by atoms with Crippen molar-refractivity contribution in [3.05, 3.63) is 17.5 Å². The third-order valence-corrected chi connectivity index (χ3v) is 12.6. The lowest BCUT2D eigenvalue weighted by Crippen LogP contribution is -2.65. The van der Waals surface area contributed by atoms with Gasteiger partial charge in [0.2, 0.25) is 0 Å². The van der Waals surface area contributed by atoms with Crippen LogP contribution in [0.5, 0.6) is 0 Å². The third kappa shape index (κ3) is 5.49. The van der Waals surface area contributed by atoms with Crippen LogP contribution in [-0.2, 0) is 20.7 Å². The highest BCUT2D eigenvalue weighted by Gasteiger charge is 2.68. The number of fused-ring (bicyclic) bond motifs is 8. The molecule has 0 amide bonds. The Balaban J connectivity index is 0.00000102. The van der Waals surface area contributed by atoms with Crippen LogP contribution in [0.25, 0.3) is 0 Å². The Bertz CT molecular complexity index is 1180. The first-order valence-electron chi connectivity index (χ1n) is 16.8. The van der Waals surface area contributed by atoms with E-state index in [0.717, 1.165) is 37.0 Å². The molecule has 9 unspecified atom stereocenters. The van der Waals surface area contributed by atoms with Crippen LogP contribution in [0.3, 0.4) is 0 Å². The van der Waals surface area contributed by atoms with Crippen LogP contribution < -0.4 is 0 Å². The maximum Gasteiger partial charge on any atom is 0.422 e. The van der Waals surface area contributed by atoms with Gasteiger partial charge in [-0.3, -0.25) is 9.59 Å². The minimum Gasteiger partial charge on any atom is -0.456 e. The summed E-state index contributed by atoms with van der Waals surface area (Å²) in [4.78, 5) is 27.8. The lowest BCUT2D eigenvalue weighted by atomic mass is 9.36. The zero-order chi connectivity index (χ0) is 32.2. The summed E-state index contributed by atoms with van der Waals surface area (Å²) < 4.78 is 49.7. The average molecular weight is 610 g/mol. The molecule has 244 valence electrons. The van der Waals surface area contributed by atoms with Crippen LogP contribution >= 0.6 is 0 Å². The molecule has 5 aliphatic rings. The molecule has 0 spiro atoms. The van der Waals surface area contributed by atoms with E-state index in [2.05, 4.69) is 39.8 Å². The molecule has 0 bridgehead atoms. The van der Waals surface area contributed by atoms with Crippen molar-refractivity contribution in [2.24, 2.45) is 51.2 Å². The summed E-state index contributed by atoms with van der Waals surface area (Å²) in [6.07, 6.45) is 3.78. The average Bonchev–Trinajstić information content (AvgIpc) is 3.42. The summed E-state index contributed by atoms with van der Waals surface area (Å²) in [5, 5.41) is 4.10. The van der Waals surface area contributed by atoms with Crippen molar-refractivity contribution in [2.45, 2.75) is 132 Å². The molecule has 1 aromatic heterocycles. The number of halogens is 3. The van der Waals surface area contributed by atoms with Gasteiger partial charge in [-0.1, -0.05) is 67.5 Å². The van der Waals surface area contributed by atoms with Gasteiger partial charge in [0.05, 0.1) is 11.6 Å². The molecule has 43 heavy (non-hydrogen) atoms. The molecule has 4 fully saturated rings. The second-order valence-corrected chi connectivity index (χ2v) is 15.1. The lowest BCUT2D eigenvalue weighted by Gasteiger charge is -2.67. The molecule has 9 atom stereocenters. The van der Waals surface area contributed by atoms with Gasteiger partial charge >= 0.3 is 12.1 Å². The first-order chi connectivity index (χ1) is 20.1. The van der Waals surface area contributed by atoms with E-state index in [9.17, 15) is 22.8 Å². The first kappa shape index (κ1) is 34.0. The zero-order valence-electron chi connectivity index (χ0n) is 27.8. The monoisotopic (exact) mass is 609 g/mol. The minimum atomic E-state index is -4.57. The van der Waals surface area contributed by atoms with Gasteiger partial charge in [0.15, 0.2) is 6.61 Å². The van der Waals surface area contributed by atoms with E-state index in [1.165, 1.54) is 0 Å². The Kier molecular flexibility index (Phi) is 9.35. The van der Waals surface area contributed by atoms with E-state index in [4.69, 9.17) is 9.26 Å². The number of alkyl halides is 3. The Hall–Kier alpha value is -1.86. The number of rotatable bonds is 2. The van der Waals surface area contributed by atoms with Gasteiger partial charge in [0.25, 0.3) is 0 Å². The van der Waals surface area contributed by atoms with Crippen molar-refractivity contribution in [3.8, 4) is 0 Å². The van der Waals surface area contributed by atoms with E-state index < -0.39 is 24.2 Å². The summed E-state index contributed by atoms with van der Waals surface area (Å²) >= 11 is 0. The molecule has 0 saturated heterocycles. The van der Waals surface area contributed by atoms with E-state index in [1.54, 1.807) is 0 Å². The molecule has 6 rings (SSSR count). The fourth-order valence-electron chi connectivity index (χ4n) is 10.8. The number of hydrogen-bond donors (Lipinski definition) is 0. The quantitative estimate of drug-likeness (QED) is 0.313. The Labute approximate surface area is 256 Å². The number of aromatic nitrogens is 1. The van der Waals surface area contributed by atoms with Crippen LogP contribution in [-0.4, -0.2) is 29.7 Å². The number of nitrogens with zero attached hydrogens (tertiary/aromatic N) is 1. The smallest absolute Gasteiger partial charge is 0.422 e. The van der Waals surface area contributed by atoms with E-state index in [0.29, 0.717) is 38.0 Å². The van der Waals surface area contributed by atoms with Gasteiger partial charge in [0.1, 0.15) is 11.5 Å². The van der Waals surface area contributed by atoms with Crippen molar-refractivity contribution < 1.29 is 32.0 Å². The number of ketones is 1. The van der Waals surface area contributed by atoms with Gasteiger partial charge in [-0.25, -0.2) is 0 Å². The number of carbonyl (C=O) groups excluding carboxylic acids is 2. The van der Waals surface area contributed by atoms with Crippen molar-refractivity contribution in [1.29, 1.82) is 0 Å². The maximum atomic E-state index is 14.3. The zero-order valence-corrected chi connectivity index (χ0v) is 27.8. The molecule has 1 aromatic rings. The van der Waals surface area contributed by atoms with Gasteiger partial charge in [-0.15, -0.1) is 0 Å².